The van der Waals surface area contributed by atoms with Crippen molar-refractivity contribution in [2.45, 2.75) is 21.7 Å². The molecule has 2 nitrogen and oxygen atoms in total. The van der Waals surface area contributed by atoms with E-state index < -0.39 is 18.4 Å². The number of aromatic nitrogens is 2. The first kappa shape index (κ1) is 8.11. The first-order valence-electron chi connectivity index (χ1n) is 3.52. The van der Waals surface area contributed by atoms with E-state index in [9.17, 15) is 0 Å². The topological polar surface area (TPSA) is 28.7 Å². The minimum atomic E-state index is -1.81. The molecular weight excluding hydrogens is 231 g/mol. The van der Waals surface area contributed by atoms with Crippen LogP contribution < -0.4 is 3.71 Å². The molecule has 0 aliphatic rings. The van der Waals surface area contributed by atoms with Crippen LogP contribution in [0.1, 0.15) is 5.82 Å². The van der Waals surface area contributed by atoms with Crippen molar-refractivity contribution in [2.75, 3.05) is 0 Å². The van der Waals surface area contributed by atoms with Crippen molar-refractivity contribution >= 4 is 22.1 Å². The van der Waals surface area contributed by atoms with Gasteiger partial charge in [0, 0.05) is 0 Å². The molecule has 1 heterocycles. The minimum absolute atomic E-state index is 1.04. The van der Waals surface area contributed by atoms with Crippen LogP contribution >= 0.6 is 0 Å². The Labute approximate surface area is 65.9 Å². The SMILES string of the molecule is Cc1nc[c]([Sn]([CH3])([CH3])[CH3])[nH]1. The molecule has 0 spiro atoms. The molecule has 0 aliphatic heterocycles. The Kier molecular flexibility index (Phi) is 2.08. The molecule has 56 valence electrons. The maximum absolute atomic E-state index is 4.18. The fraction of sp³-hybridized carbons (Fsp3) is 0.571. The summed E-state index contributed by atoms with van der Waals surface area (Å²) in [5, 5.41) is 0. The molecule has 0 aromatic carbocycles. The Hall–Kier alpha value is 0.00870. The Morgan fingerprint density at radius 1 is 1.40 bits per heavy atom. The second-order valence-corrected chi connectivity index (χ2v) is 18.0. The van der Waals surface area contributed by atoms with Crippen LogP contribution in [0, 0.1) is 6.92 Å². The molecule has 1 rings (SSSR count). The quantitative estimate of drug-likeness (QED) is 0.741. The van der Waals surface area contributed by atoms with Gasteiger partial charge in [-0.3, -0.25) is 0 Å². The third-order valence-corrected chi connectivity index (χ3v) is 6.85. The summed E-state index contributed by atoms with van der Waals surface area (Å²) in [6.45, 7) is 2.00. The van der Waals surface area contributed by atoms with Crippen LogP contribution in [0.15, 0.2) is 6.20 Å². The van der Waals surface area contributed by atoms with Crippen molar-refractivity contribution in [1.29, 1.82) is 0 Å². The van der Waals surface area contributed by atoms with E-state index in [0.717, 1.165) is 5.82 Å². The first-order chi connectivity index (χ1) is 4.50. The average molecular weight is 245 g/mol. The molecule has 0 saturated carbocycles. The van der Waals surface area contributed by atoms with Crippen LogP contribution in [0.2, 0.25) is 14.8 Å². The third kappa shape index (κ3) is 1.75. The van der Waals surface area contributed by atoms with Gasteiger partial charge in [0.15, 0.2) is 0 Å². The Morgan fingerprint density at radius 2 is 2.00 bits per heavy atom. The summed E-state index contributed by atoms with van der Waals surface area (Å²) < 4.78 is 1.41. The van der Waals surface area contributed by atoms with E-state index in [0.29, 0.717) is 0 Å². The fourth-order valence-corrected chi connectivity index (χ4v) is 3.68. The van der Waals surface area contributed by atoms with Gasteiger partial charge in [-0.15, -0.1) is 0 Å². The molecule has 1 aromatic heterocycles. The summed E-state index contributed by atoms with van der Waals surface area (Å²) in [4.78, 5) is 14.6. The van der Waals surface area contributed by atoms with Crippen molar-refractivity contribution in [2.24, 2.45) is 0 Å². The molecular formula is C7H14N2Sn. The number of imidazole rings is 1. The monoisotopic (exact) mass is 246 g/mol. The summed E-state index contributed by atoms with van der Waals surface area (Å²) in [6, 6.07) is 0. The molecule has 10 heavy (non-hydrogen) atoms. The van der Waals surface area contributed by atoms with Crippen LogP contribution in [-0.2, 0) is 0 Å². The first-order valence-corrected chi connectivity index (χ1v) is 13.5. The fourth-order valence-electron chi connectivity index (χ4n) is 0.802. The van der Waals surface area contributed by atoms with Crippen LogP contribution in [0.25, 0.3) is 0 Å². The second-order valence-electron chi connectivity index (χ2n) is 3.63. The van der Waals surface area contributed by atoms with Crippen molar-refractivity contribution < 1.29 is 0 Å². The standard InChI is InChI=1S/C4H5N2.3CH3.Sn/c1-4-5-2-3-6-4;;;;/h2H,1H3,(H,5,6);3*1H3;. The molecule has 0 aliphatic carbocycles. The molecule has 1 N–H and O–H groups in total. The van der Waals surface area contributed by atoms with Gasteiger partial charge >= 0.3 is 65.8 Å². The third-order valence-electron chi connectivity index (χ3n) is 1.51. The number of H-pyrrole nitrogens is 1. The molecule has 0 fully saturated rings. The summed E-state index contributed by atoms with van der Waals surface area (Å²) in [7, 11) is 0. The van der Waals surface area contributed by atoms with Gasteiger partial charge < -0.3 is 0 Å². The molecule has 0 amide bonds. The van der Waals surface area contributed by atoms with E-state index in [-0.39, 0.29) is 0 Å². The van der Waals surface area contributed by atoms with Crippen LogP contribution in [0.5, 0.6) is 0 Å². The van der Waals surface area contributed by atoms with Gasteiger partial charge in [-0.25, -0.2) is 0 Å². The Bertz CT molecular complexity index is 222. The van der Waals surface area contributed by atoms with Crippen LogP contribution in [-0.4, -0.2) is 28.3 Å². The zero-order valence-electron chi connectivity index (χ0n) is 7.02. The van der Waals surface area contributed by atoms with Gasteiger partial charge in [-0.05, 0) is 0 Å². The summed E-state index contributed by atoms with van der Waals surface area (Å²) in [5.41, 5.74) is 0. The predicted molar refractivity (Wildman–Crippen MR) is 46.3 cm³/mol. The number of hydrogen-bond acceptors (Lipinski definition) is 1. The van der Waals surface area contributed by atoms with Crippen molar-refractivity contribution in [3.8, 4) is 0 Å². The van der Waals surface area contributed by atoms with E-state index in [1.54, 1.807) is 0 Å². The molecule has 0 atom stereocenters. The molecule has 0 saturated heterocycles. The zero-order valence-corrected chi connectivity index (χ0v) is 9.88. The van der Waals surface area contributed by atoms with Gasteiger partial charge in [-0.2, -0.15) is 0 Å². The van der Waals surface area contributed by atoms with Gasteiger partial charge in [0.05, 0.1) is 0 Å². The van der Waals surface area contributed by atoms with Crippen molar-refractivity contribution in [3.05, 3.63) is 12.0 Å². The number of aryl methyl sites for hydroxylation is 1. The second kappa shape index (κ2) is 2.57. The van der Waals surface area contributed by atoms with E-state index in [1.807, 2.05) is 13.1 Å². The molecule has 0 unspecified atom stereocenters. The van der Waals surface area contributed by atoms with Gasteiger partial charge in [0.25, 0.3) is 0 Å². The van der Waals surface area contributed by atoms with Crippen molar-refractivity contribution in [1.82, 2.24) is 9.97 Å². The number of hydrogen-bond donors (Lipinski definition) is 1. The van der Waals surface area contributed by atoms with Gasteiger partial charge in [-0.1, -0.05) is 0 Å². The number of nitrogens with one attached hydrogen (secondary N) is 1. The Morgan fingerprint density at radius 3 is 2.20 bits per heavy atom. The van der Waals surface area contributed by atoms with Crippen LogP contribution in [0.4, 0.5) is 0 Å². The number of aromatic amines is 1. The molecule has 1 aromatic rings. The van der Waals surface area contributed by atoms with Gasteiger partial charge in [0.1, 0.15) is 0 Å². The zero-order chi connectivity index (χ0) is 7.78. The summed E-state index contributed by atoms with van der Waals surface area (Å²) in [5.74, 6) is 1.04. The maximum atomic E-state index is 4.18. The van der Waals surface area contributed by atoms with Gasteiger partial charge in [0.2, 0.25) is 0 Å². The average Bonchev–Trinajstić information content (AvgIpc) is 2.11. The van der Waals surface area contributed by atoms with Crippen molar-refractivity contribution in [3.63, 3.8) is 0 Å². The van der Waals surface area contributed by atoms with E-state index in [1.165, 1.54) is 3.71 Å². The molecule has 3 heteroatoms. The normalized spacial score (nSPS) is 12.0. The van der Waals surface area contributed by atoms with E-state index >= 15 is 0 Å². The predicted octanol–water partition coefficient (Wildman–Crippen LogP) is 1.26. The summed E-state index contributed by atoms with van der Waals surface area (Å²) >= 11 is -1.81. The molecule has 0 radical (unpaired) electrons. The number of rotatable bonds is 1. The van der Waals surface area contributed by atoms with E-state index in [2.05, 4.69) is 24.8 Å². The Balaban J connectivity index is 2.96. The summed E-state index contributed by atoms with van der Waals surface area (Å²) in [6.07, 6.45) is 1.99. The molecule has 0 bridgehead atoms. The van der Waals surface area contributed by atoms with E-state index in [4.69, 9.17) is 0 Å². The van der Waals surface area contributed by atoms with Crippen LogP contribution in [0.3, 0.4) is 0 Å². The number of nitrogens with zero attached hydrogens (tertiary/aromatic N) is 1.